The molecule has 1 fully saturated rings. The number of carbonyl (C=O) groups excluding carboxylic acids is 1. The number of hydrogen-bond donors (Lipinski definition) is 4. The molecular formula is C47H67FN7O9P. The number of fused-ring (bicyclic) bond motifs is 1. The maximum atomic E-state index is 16.5. The largest absolute Gasteiger partial charge is 0.497 e. The molecule has 1 aliphatic rings. The number of amides is 1. The van der Waals surface area contributed by atoms with Crippen molar-refractivity contribution >= 4 is 30.6 Å². The lowest BCUT2D eigenvalue weighted by Gasteiger charge is -2.37. The third-order valence-corrected chi connectivity index (χ3v) is 12.8. The Bertz CT molecular complexity index is 2250. The van der Waals surface area contributed by atoms with Gasteiger partial charge in [0.2, 0.25) is 11.9 Å². The number of aromatic amines is 1. The zero-order valence-corrected chi connectivity index (χ0v) is 40.1. The van der Waals surface area contributed by atoms with Gasteiger partial charge in [-0.2, -0.15) is 4.98 Å². The van der Waals surface area contributed by atoms with Crippen molar-refractivity contribution in [3.05, 3.63) is 112 Å². The average Bonchev–Trinajstić information content (AvgIpc) is 3.89. The minimum atomic E-state index is -5.21. The molecule has 4 N–H and O–H groups in total. The van der Waals surface area contributed by atoms with Crippen LogP contribution in [0.15, 0.2) is 90.0 Å². The molecule has 16 nitrogen and oxygen atoms in total. The Balaban J connectivity index is 0.000000572. The first-order valence-corrected chi connectivity index (χ1v) is 23.8. The van der Waals surface area contributed by atoms with Gasteiger partial charge < -0.3 is 38.5 Å². The number of rotatable bonds is 18. The molecule has 0 saturated carbocycles. The molecule has 18 heteroatoms. The smallest absolute Gasteiger partial charge is 0.336 e. The van der Waals surface area contributed by atoms with E-state index in [2.05, 4.69) is 71.6 Å². The van der Waals surface area contributed by atoms with E-state index in [4.69, 9.17) is 18.9 Å². The lowest BCUT2D eigenvalue weighted by molar-refractivity contribution is -0.118. The van der Waals surface area contributed by atoms with Crippen LogP contribution in [0.5, 0.6) is 11.5 Å². The number of carbonyl (C=O) groups is 1. The molecule has 3 heterocycles. The first-order valence-electron chi connectivity index (χ1n) is 22.1. The van der Waals surface area contributed by atoms with Crippen molar-refractivity contribution in [1.29, 1.82) is 0 Å². The van der Waals surface area contributed by atoms with E-state index in [9.17, 15) is 23.9 Å². The Morgan fingerprint density at radius 2 is 1.32 bits per heavy atom. The molecule has 0 unspecified atom stereocenters. The summed E-state index contributed by atoms with van der Waals surface area (Å²) in [5.41, 5.74) is -2.53. The molecule has 0 bridgehead atoms. The molecule has 0 aliphatic carbocycles. The molecule has 3 aromatic carbocycles. The lowest BCUT2D eigenvalue weighted by atomic mass is 9.80. The van der Waals surface area contributed by atoms with Crippen molar-refractivity contribution < 1.29 is 42.5 Å². The Morgan fingerprint density at radius 3 is 1.74 bits per heavy atom. The van der Waals surface area contributed by atoms with Crippen LogP contribution in [0.1, 0.15) is 78.3 Å². The van der Waals surface area contributed by atoms with Gasteiger partial charge in [0.25, 0.3) is 5.56 Å². The molecule has 4 atom stereocenters. The summed E-state index contributed by atoms with van der Waals surface area (Å²) in [6.07, 6.45) is -4.31. The SMILES string of the molecule is CCN(CC)CC.CCN(CC)CC.COc1ccc(C(OC[C@H]2O[C@@H](n3cnc4c(=O)[nH]c(NC(=O)C(C)C)nc43)[C@H](P(=O)(O)O)[C@H]2F)(c2ccccc2)c2ccc(OC)cc2)cc1. The second-order valence-corrected chi connectivity index (χ2v) is 17.3. The fourth-order valence-corrected chi connectivity index (χ4v) is 8.59. The third-order valence-electron chi connectivity index (χ3n) is 11.5. The van der Waals surface area contributed by atoms with Crippen LogP contribution in [0.2, 0.25) is 0 Å². The highest BCUT2D eigenvalue weighted by molar-refractivity contribution is 7.52. The molecule has 1 amide bonds. The molecule has 356 valence electrons. The van der Waals surface area contributed by atoms with Crippen LogP contribution in [0, 0.1) is 5.92 Å². The van der Waals surface area contributed by atoms with Crippen LogP contribution in [0.25, 0.3) is 11.2 Å². The zero-order valence-electron chi connectivity index (χ0n) is 39.2. The number of imidazole rings is 1. The fourth-order valence-electron chi connectivity index (χ4n) is 7.48. The van der Waals surface area contributed by atoms with E-state index in [-0.39, 0.29) is 17.1 Å². The van der Waals surface area contributed by atoms with Gasteiger partial charge in [-0.3, -0.25) is 29.0 Å². The van der Waals surface area contributed by atoms with Gasteiger partial charge in [0, 0.05) is 5.92 Å². The second kappa shape index (κ2) is 24.5. The van der Waals surface area contributed by atoms with E-state index in [1.54, 1.807) is 52.3 Å². The van der Waals surface area contributed by atoms with Gasteiger partial charge >= 0.3 is 7.60 Å². The van der Waals surface area contributed by atoms with E-state index >= 15 is 4.39 Å². The second-order valence-electron chi connectivity index (χ2n) is 15.5. The highest BCUT2D eigenvalue weighted by atomic mass is 31.2. The van der Waals surface area contributed by atoms with Crippen molar-refractivity contribution in [3.8, 4) is 11.5 Å². The third kappa shape index (κ3) is 12.9. The summed E-state index contributed by atoms with van der Waals surface area (Å²) in [5, 5.41) is 2.49. The summed E-state index contributed by atoms with van der Waals surface area (Å²) in [7, 11) is -2.12. The van der Waals surface area contributed by atoms with E-state index in [1.807, 2.05) is 54.6 Å². The van der Waals surface area contributed by atoms with Crippen LogP contribution in [0.3, 0.4) is 0 Å². The molecule has 65 heavy (non-hydrogen) atoms. The van der Waals surface area contributed by atoms with Crippen LogP contribution < -0.4 is 20.3 Å². The van der Waals surface area contributed by atoms with Gasteiger partial charge in [0.1, 0.15) is 35.0 Å². The molecule has 5 aromatic rings. The number of nitrogens with zero attached hydrogens (tertiary/aromatic N) is 5. The summed E-state index contributed by atoms with van der Waals surface area (Å²) in [6.45, 7) is 23.1. The van der Waals surface area contributed by atoms with Gasteiger partial charge in [0.05, 0.1) is 27.2 Å². The predicted octanol–water partition coefficient (Wildman–Crippen LogP) is 7.22. The van der Waals surface area contributed by atoms with E-state index in [0.717, 1.165) is 10.9 Å². The van der Waals surface area contributed by atoms with Crippen LogP contribution in [0.4, 0.5) is 10.3 Å². The van der Waals surface area contributed by atoms with Gasteiger partial charge in [-0.05, 0) is 80.2 Å². The monoisotopic (exact) mass is 923 g/mol. The number of halogens is 1. The van der Waals surface area contributed by atoms with Crippen molar-refractivity contribution in [2.45, 2.75) is 85.2 Å². The fraction of sp³-hybridized carbons (Fsp3) is 0.489. The topological polar surface area (TPSA) is 194 Å². The first kappa shape index (κ1) is 52.6. The Hall–Kier alpha value is -5.00. The normalized spacial score (nSPS) is 17.4. The van der Waals surface area contributed by atoms with Crippen LogP contribution >= 0.6 is 7.60 Å². The summed E-state index contributed by atoms with van der Waals surface area (Å²) in [4.78, 5) is 61.6. The van der Waals surface area contributed by atoms with Crippen molar-refractivity contribution in [1.82, 2.24) is 29.3 Å². The number of anilines is 1. The Labute approximate surface area is 381 Å². The molecule has 2 aromatic heterocycles. The number of methoxy groups -OCH3 is 2. The van der Waals surface area contributed by atoms with Crippen molar-refractivity contribution in [3.63, 3.8) is 0 Å². The van der Waals surface area contributed by atoms with Crippen LogP contribution in [-0.2, 0) is 24.4 Å². The van der Waals surface area contributed by atoms with E-state index in [0.29, 0.717) is 28.2 Å². The highest BCUT2D eigenvalue weighted by Gasteiger charge is 2.56. The maximum Gasteiger partial charge on any atom is 0.336 e. The highest BCUT2D eigenvalue weighted by Crippen LogP contribution is 2.55. The van der Waals surface area contributed by atoms with Gasteiger partial charge in [0.15, 0.2) is 17.4 Å². The Kier molecular flexibility index (Phi) is 19.8. The molecule has 1 aliphatic heterocycles. The molecular weight excluding hydrogens is 857 g/mol. The van der Waals surface area contributed by atoms with E-state index in [1.165, 1.54) is 39.3 Å². The number of ether oxygens (including phenoxy) is 4. The minimum absolute atomic E-state index is 0.176. The summed E-state index contributed by atoms with van der Waals surface area (Å²) >= 11 is 0. The number of benzene rings is 3. The summed E-state index contributed by atoms with van der Waals surface area (Å²) in [6, 6.07) is 23.5. The first-order chi connectivity index (χ1) is 31.1. The average molecular weight is 924 g/mol. The lowest BCUT2D eigenvalue weighted by Crippen LogP contribution is -2.38. The number of alkyl halides is 1. The number of hydrogen-bond acceptors (Lipinski definition) is 11. The number of aromatic nitrogens is 4. The summed E-state index contributed by atoms with van der Waals surface area (Å²) < 4.78 is 54.1. The van der Waals surface area contributed by atoms with Gasteiger partial charge in [-0.15, -0.1) is 0 Å². The Morgan fingerprint density at radius 1 is 0.846 bits per heavy atom. The molecule has 1 saturated heterocycles. The zero-order chi connectivity index (χ0) is 47.9. The molecule has 6 rings (SSSR count). The van der Waals surface area contributed by atoms with Gasteiger partial charge in [-0.1, -0.05) is 110 Å². The van der Waals surface area contributed by atoms with Gasteiger partial charge in [-0.25, -0.2) is 9.37 Å². The number of H-pyrrole nitrogens is 1. The number of nitrogens with one attached hydrogen (secondary N) is 2. The van der Waals surface area contributed by atoms with Crippen molar-refractivity contribution in [2.24, 2.45) is 5.92 Å². The molecule has 0 radical (unpaired) electrons. The quantitative estimate of drug-likeness (QED) is 0.0509. The maximum absolute atomic E-state index is 16.5. The summed E-state index contributed by atoms with van der Waals surface area (Å²) in [5.74, 6) is 0.0859. The molecule has 0 spiro atoms. The standard InChI is InChI=1S/C35H37FN5O9P.2C6H15N/c1-20(2)31(42)39-34-38-30-28(32(43)40-34)37-19-41(30)33-29(51(44,45)46)27(36)26(50-33)18-49-35(21-8-6-5-7-9-21,22-10-14-24(47-3)15-11-22)23-12-16-25(48-4)17-13-23;2*1-4-7(5-2)6-3/h5-17,19-20,26-27,29,33H,18H2,1-4H3,(H2,44,45,46)(H2,38,39,40,42,43);2*4-6H2,1-3H3/t26-,27+,29-,33-;;/m1../s1. The van der Waals surface area contributed by atoms with E-state index < -0.39 is 61.4 Å². The minimum Gasteiger partial charge on any atom is -0.497 e. The van der Waals surface area contributed by atoms with Crippen LogP contribution in [-0.4, -0.2) is 123 Å². The predicted molar refractivity (Wildman–Crippen MR) is 251 cm³/mol. The van der Waals surface area contributed by atoms with Crippen molar-refractivity contribution in [2.75, 3.05) is 65.4 Å².